The molecule has 0 amide bonds. The van der Waals surface area contributed by atoms with E-state index in [9.17, 15) is 5.11 Å². The largest absolute Gasteiger partial charge is 0.507 e. The molecular weight excluding hydrogens is 352 g/mol. The molecule has 0 radical (unpaired) electrons. The average molecular weight is 383 g/mol. The van der Waals surface area contributed by atoms with Crippen LogP contribution in [0.3, 0.4) is 0 Å². The summed E-state index contributed by atoms with van der Waals surface area (Å²) in [6.45, 7) is 8.60. The van der Waals surface area contributed by atoms with Gasteiger partial charge in [0, 0.05) is 11.1 Å². The summed E-state index contributed by atoms with van der Waals surface area (Å²) >= 11 is 0. The quantitative estimate of drug-likeness (QED) is 0.433. The predicted octanol–water partition coefficient (Wildman–Crippen LogP) is 7.71. The van der Waals surface area contributed by atoms with Gasteiger partial charge < -0.3 is 5.11 Å². The summed E-state index contributed by atoms with van der Waals surface area (Å²) in [6.07, 6.45) is 5.25. The highest BCUT2D eigenvalue weighted by molar-refractivity contribution is 5.89. The Morgan fingerprint density at radius 1 is 0.759 bits per heavy atom. The highest BCUT2D eigenvalue weighted by Gasteiger charge is 2.14. The molecule has 0 heterocycles. The fraction of sp³-hybridized carbons (Fsp3) is 0.214. The van der Waals surface area contributed by atoms with Crippen LogP contribution in [0.1, 0.15) is 55.5 Å². The van der Waals surface area contributed by atoms with Gasteiger partial charge in [0.15, 0.2) is 0 Å². The van der Waals surface area contributed by atoms with E-state index in [1.807, 2.05) is 36.4 Å². The third-order valence-corrected chi connectivity index (χ3v) is 5.03. The maximum Gasteiger partial charge on any atom is 0.130 e. The zero-order valence-electron chi connectivity index (χ0n) is 17.8. The Hall–Kier alpha value is -3.06. The van der Waals surface area contributed by atoms with Gasteiger partial charge in [-0.2, -0.15) is 0 Å². The van der Waals surface area contributed by atoms with Crippen molar-refractivity contribution >= 4 is 23.3 Å². The summed E-state index contributed by atoms with van der Waals surface area (Å²) in [5.41, 5.74) is 7.46. The maximum absolute atomic E-state index is 11.2. The number of phenolic OH excluding ortho intramolecular Hbond substituents is 1. The summed E-state index contributed by atoms with van der Waals surface area (Å²) in [5, 5.41) is 11.2. The minimum atomic E-state index is 0.354. The molecule has 29 heavy (non-hydrogen) atoms. The Morgan fingerprint density at radius 2 is 1.17 bits per heavy atom. The van der Waals surface area contributed by atoms with Crippen LogP contribution in [0.15, 0.2) is 72.8 Å². The lowest BCUT2D eigenvalue weighted by molar-refractivity contribution is 0.471. The Labute approximate surface area is 175 Å². The van der Waals surface area contributed by atoms with Gasteiger partial charge in [-0.3, -0.25) is 0 Å². The van der Waals surface area contributed by atoms with Crippen molar-refractivity contribution in [2.75, 3.05) is 0 Å². The van der Waals surface area contributed by atoms with E-state index in [2.05, 4.69) is 76.2 Å². The summed E-state index contributed by atoms with van der Waals surface area (Å²) in [6, 6.07) is 24.8. The van der Waals surface area contributed by atoms with E-state index in [0.717, 1.165) is 39.8 Å². The number of benzene rings is 3. The molecule has 0 aliphatic heterocycles. The lowest BCUT2D eigenvalue weighted by atomic mass is 9.91. The first kappa shape index (κ1) is 20.7. The van der Waals surface area contributed by atoms with E-state index in [0.29, 0.717) is 11.7 Å². The average Bonchev–Trinajstić information content (AvgIpc) is 2.70. The smallest absolute Gasteiger partial charge is 0.130 e. The summed E-state index contributed by atoms with van der Waals surface area (Å²) < 4.78 is 0. The van der Waals surface area contributed by atoms with Crippen molar-refractivity contribution in [3.05, 3.63) is 101 Å². The minimum Gasteiger partial charge on any atom is -0.507 e. The SMILES string of the molecule is CC(=Cc1ccccc1)c1cc(CC(C)C)cc(C(C)=Cc2ccccc2)c1O. The molecule has 0 spiro atoms. The number of hydrogen-bond donors (Lipinski definition) is 1. The molecule has 0 atom stereocenters. The molecule has 0 unspecified atom stereocenters. The molecule has 3 aromatic rings. The van der Waals surface area contributed by atoms with Crippen molar-refractivity contribution in [2.45, 2.75) is 34.1 Å². The molecular formula is C28H30O. The predicted molar refractivity (Wildman–Crippen MR) is 127 cm³/mol. The zero-order chi connectivity index (χ0) is 20.8. The number of allylic oxidation sites excluding steroid dienone is 2. The van der Waals surface area contributed by atoms with Gasteiger partial charge in [0.25, 0.3) is 0 Å². The van der Waals surface area contributed by atoms with Gasteiger partial charge in [-0.1, -0.05) is 86.7 Å². The Balaban J connectivity index is 2.10. The van der Waals surface area contributed by atoms with E-state index in [1.54, 1.807) is 0 Å². The first-order valence-corrected chi connectivity index (χ1v) is 10.3. The molecule has 1 N–H and O–H groups in total. The molecule has 0 fully saturated rings. The first-order valence-electron chi connectivity index (χ1n) is 10.3. The fourth-order valence-electron chi connectivity index (χ4n) is 3.64. The molecule has 0 bridgehead atoms. The lowest BCUT2D eigenvalue weighted by Crippen LogP contribution is -1.98. The third-order valence-electron chi connectivity index (χ3n) is 5.03. The summed E-state index contributed by atoms with van der Waals surface area (Å²) in [4.78, 5) is 0. The van der Waals surface area contributed by atoms with Crippen LogP contribution in [0, 0.1) is 5.92 Å². The van der Waals surface area contributed by atoms with Crippen LogP contribution in [-0.4, -0.2) is 5.11 Å². The van der Waals surface area contributed by atoms with Crippen molar-refractivity contribution in [1.82, 2.24) is 0 Å². The second-order valence-corrected chi connectivity index (χ2v) is 8.11. The highest BCUT2D eigenvalue weighted by atomic mass is 16.3. The number of hydrogen-bond acceptors (Lipinski definition) is 1. The maximum atomic E-state index is 11.2. The third kappa shape index (κ3) is 5.48. The van der Waals surface area contributed by atoms with Crippen LogP contribution in [0.25, 0.3) is 23.3 Å². The molecule has 148 valence electrons. The highest BCUT2D eigenvalue weighted by Crippen LogP contribution is 2.36. The van der Waals surface area contributed by atoms with Crippen LogP contribution in [0.2, 0.25) is 0 Å². The molecule has 3 rings (SSSR count). The van der Waals surface area contributed by atoms with Gasteiger partial charge >= 0.3 is 0 Å². The van der Waals surface area contributed by atoms with Gasteiger partial charge in [0.2, 0.25) is 0 Å². The van der Waals surface area contributed by atoms with Crippen molar-refractivity contribution in [3.8, 4) is 5.75 Å². The van der Waals surface area contributed by atoms with E-state index < -0.39 is 0 Å². The van der Waals surface area contributed by atoms with Gasteiger partial charge in [-0.05, 0) is 66.2 Å². The van der Waals surface area contributed by atoms with Crippen LogP contribution >= 0.6 is 0 Å². The molecule has 0 aliphatic carbocycles. The Bertz CT molecular complexity index is 932. The normalized spacial score (nSPS) is 12.4. The number of phenols is 1. The fourth-order valence-corrected chi connectivity index (χ4v) is 3.64. The lowest BCUT2D eigenvalue weighted by Gasteiger charge is -2.16. The molecule has 3 aromatic carbocycles. The Kier molecular flexibility index (Phi) is 6.72. The second kappa shape index (κ2) is 9.43. The van der Waals surface area contributed by atoms with Gasteiger partial charge in [0.1, 0.15) is 5.75 Å². The molecule has 0 saturated carbocycles. The number of rotatable bonds is 6. The van der Waals surface area contributed by atoms with E-state index in [-0.39, 0.29) is 0 Å². The van der Waals surface area contributed by atoms with Crippen LogP contribution in [0.5, 0.6) is 5.75 Å². The van der Waals surface area contributed by atoms with Crippen molar-refractivity contribution in [2.24, 2.45) is 5.92 Å². The standard InChI is InChI=1S/C28H30O/c1-20(2)15-25-18-26(21(3)16-23-11-7-5-8-12-23)28(29)27(19-25)22(4)17-24-13-9-6-10-14-24/h5-14,16-20,29H,15H2,1-4H3. The topological polar surface area (TPSA) is 20.2 Å². The van der Waals surface area contributed by atoms with Gasteiger partial charge in [0.05, 0.1) is 0 Å². The van der Waals surface area contributed by atoms with Crippen LogP contribution < -0.4 is 0 Å². The Morgan fingerprint density at radius 3 is 1.55 bits per heavy atom. The summed E-state index contributed by atoms with van der Waals surface area (Å²) in [5.74, 6) is 0.906. The van der Waals surface area contributed by atoms with E-state index >= 15 is 0 Å². The minimum absolute atomic E-state index is 0.354. The molecule has 1 nitrogen and oxygen atoms in total. The van der Waals surface area contributed by atoms with Gasteiger partial charge in [-0.25, -0.2) is 0 Å². The molecule has 0 aliphatic rings. The van der Waals surface area contributed by atoms with Crippen molar-refractivity contribution in [1.29, 1.82) is 0 Å². The molecule has 0 saturated heterocycles. The number of aromatic hydroxyl groups is 1. The second-order valence-electron chi connectivity index (χ2n) is 8.11. The van der Waals surface area contributed by atoms with E-state index in [1.165, 1.54) is 5.56 Å². The molecule has 1 heteroatoms. The summed E-state index contributed by atoms with van der Waals surface area (Å²) in [7, 11) is 0. The first-order chi connectivity index (χ1) is 13.9. The zero-order valence-corrected chi connectivity index (χ0v) is 17.8. The van der Waals surface area contributed by atoms with Crippen LogP contribution in [-0.2, 0) is 6.42 Å². The van der Waals surface area contributed by atoms with E-state index in [4.69, 9.17) is 0 Å². The van der Waals surface area contributed by atoms with Crippen LogP contribution in [0.4, 0.5) is 0 Å². The van der Waals surface area contributed by atoms with Gasteiger partial charge in [-0.15, -0.1) is 0 Å². The van der Waals surface area contributed by atoms with Crippen molar-refractivity contribution < 1.29 is 5.11 Å². The molecule has 0 aromatic heterocycles. The van der Waals surface area contributed by atoms with Crippen molar-refractivity contribution in [3.63, 3.8) is 0 Å². The monoisotopic (exact) mass is 382 g/mol.